The van der Waals surface area contributed by atoms with Gasteiger partial charge in [0, 0.05) is 15.8 Å². The Morgan fingerprint density at radius 3 is 2.65 bits per heavy atom. The van der Waals surface area contributed by atoms with Crippen molar-refractivity contribution >= 4 is 40.0 Å². The third-order valence-electron chi connectivity index (χ3n) is 2.64. The molecule has 0 aliphatic heterocycles. The van der Waals surface area contributed by atoms with Gasteiger partial charge in [-0.1, -0.05) is 13.0 Å². The van der Waals surface area contributed by atoms with Crippen LogP contribution in [0.5, 0.6) is 0 Å². The lowest BCUT2D eigenvalue weighted by atomic mass is 10.3. The van der Waals surface area contributed by atoms with Gasteiger partial charge < -0.3 is 10.6 Å². The molecule has 0 spiro atoms. The number of hydrogen-bond donors (Lipinski definition) is 2. The summed E-state index contributed by atoms with van der Waals surface area (Å²) in [6.45, 7) is 2.93. The molecule has 0 bridgehead atoms. The lowest BCUT2D eigenvalue weighted by molar-refractivity contribution is 0.102. The number of anilines is 2. The minimum Gasteiger partial charge on any atom is -0.370 e. The fourth-order valence-corrected chi connectivity index (χ4v) is 2.00. The van der Waals surface area contributed by atoms with Crippen LogP contribution in [0.25, 0.3) is 0 Å². The second kappa shape index (κ2) is 7.23. The van der Waals surface area contributed by atoms with Crippen LogP contribution in [0.3, 0.4) is 0 Å². The molecule has 2 aromatic rings. The summed E-state index contributed by atoms with van der Waals surface area (Å²) in [6.07, 6.45) is 1.01. The van der Waals surface area contributed by atoms with Gasteiger partial charge in [0.1, 0.15) is 11.5 Å². The zero-order chi connectivity index (χ0) is 14.4. The van der Waals surface area contributed by atoms with Gasteiger partial charge in [0.05, 0.1) is 0 Å². The fourth-order valence-electron chi connectivity index (χ4n) is 1.64. The van der Waals surface area contributed by atoms with E-state index in [1.54, 1.807) is 6.07 Å². The molecule has 1 amide bonds. The summed E-state index contributed by atoms with van der Waals surface area (Å²) >= 11 is 2.23. The highest BCUT2D eigenvalue weighted by atomic mass is 127. The summed E-state index contributed by atoms with van der Waals surface area (Å²) in [5, 5.41) is 6.00. The van der Waals surface area contributed by atoms with Crippen molar-refractivity contribution in [2.24, 2.45) is 0 Å². The average molecular weight is 381 g/mol. The second-order valence-corrected chi connectivity index (χ2v) is 5.54. The molecule has 0 aliphatic carbocycles. The first-order valence-electron chi connectivity index (χ1n) is 6.47. The summed E-state index contributed by atoms with van der Waals surface area (Å²) in [7, 11) is 0. The van der Waals surface area contributed by atoms with E-state index in [1.165, 1.54) is 0 Å². The Morgan fingerprint density at radius 2 is 1.95 bits per heavy atom. The van der Waals surface area contributed by atoms with Crippen molar-refractivity contribution < 1.29 is 4.79 Å². The van der Waals surface area contributed by atoms with Crippen molar-refractivity contribution in [1.82, 2.24) is 4.98 Å². The molecule has 0 fully saturated rings. The van der Waals surface area contributed by atoms with Crippen LogP contribution < -0.4 is 10.6 Å². The molecular formula is C15H16IN3O. The number of pyridine rings is 1. The number of carbonyl (C=O) groups is 1. The number of nitrogens with zero attached hydrogens (tertiary/aromatic N) is 1. The minimum atomic E-state index is -0.202. The van der Waals surface area contributed by atoms with E-state index < -0.39 is 0 Å². The minimum absolute atomic E-state index is 0.202. The van der Waals surface area contributed by atoms with Gasteiger partial charge in [-0.15, -0.1) is 0 Å². The Bertz CT molecular complexity index is 584. The fraction of sp³-hybridized carbons (Fsp3) is 0.200. The number of aromatic nitrogens is 1. The van der Waals surface area contributed by atoms with Crippen molar-refractivity contribution in [2.45, 2.75) is 13.3 Å². The molecule has 0 saturated carbocycles. The Morgan fingerprint density at radius 1 is 1.20 bits per heavy atom. The highest BCUT2D eigenvalue weighted by Crippen LogP contribution is 2.13. The molecule has 5 heteroatoms. The standard InChI is InChI=1S/C15H16IN3O/c1-2-10-17-14-5-3-4-13(19-14)15(20)18-12-8-6-11(16)7-9-12/h3-9H,2,10H2,1H3,(H,17,19)(H,18,20). The van der Waals surface area contributed by atoms with Crippen molar-refractivity contribution in [3.05, 3.63) is 51.7 Å². The second-order valence-electron chi connectivity index (χ2n) is 4.30. The molecule has 104 valence electrons. The summed E-state index contributed by atoms with van der Waals surface area (Å²) in [6, 6.07) is 13.0. The highest BCUT2D eigenvalue weighted by Gasteiger charge is 2.08. The normalized spacial score (nSPS) is 10.1. The van der Waals surface area contributed by atoms with Crippen LogP contribution in [0.2, 0.25) is 0 Å². The van der Waals surface area contributed by atoms with Gasteiger partial charge in [0.2, 0.25) is 0 Å². The van der Waals surface area contributed by atoms with Crippen LogP contribution >= 0.6 is 22.6 Å². The van der Waals surface area contributed by atoms with E-state index in [1.807, 2.05) is 36.4 Å². The third kappa shape index (κ3) is 4.19. The Hall–Kier alpha value is -1.63. The van der Waals surface area contributed by atoms with E-state index >= 15 is 0 Å². The van der Waals surface area contributed by atoms with Crippen molar-refractivity contribution in [3.63, 3.8) is 0 Å². The number of benzene rings is 1. The molecule has 4 nitrogen and oxygen atoms in total. The number of carbonyl (C=O) groups excluding carboxylic acids is 1. The predicted octanol–water partition coefficient (Wildman–Crippen LogP) is 3.76. The highest BCUT2D eigenvalue weighted by molar-refractivity contribution is 14.1. The monoisotopic (exact) mass is 381 g/mol. The van der Waals surface area contributed by atoms with Gasteiger partial charge in [-0.05, 0) is 65.4 Å². The first-order valence-corrected chi connectivity index (χ1v) is 7.55. The van der Waals surface area contributed by atoms with Crippen LogP contribution in [0, 0.1) is 3.57 Å². The summed E-state index contributed by atoms with van der Waals surface area (Å²) < 4.78 is 1.13. The predicted molar refractivity (Wildman–Crippen MR) is 90.1 cm³/mol. The van der Waals surface area contributed by atoms with Crippen LogP contribution in [-0.2, 0) is 0 Å². The van der Waals surface area contributed by atoms with Crippen LogP contribution in [0.1, 0.15) is 23.8 Å². The van der Waals surface area contributed by atoms with Crippen LogP contribution in [-0.4, -0.2) is 17.4 Å². The van der Waals surface area contributed by atoms with Crippen molar-refractivity contribution in [1.29, 1.82) is 0 Å². The first-order chi connectivity index (χ1) is 9.69. The van der Waals surface area contributed by atoms with Crippen molar-refractivity contribution in [2.75, 3.05) is 17.2 Å². The van der Waals surface area contributed by atoms with Crippen molar-refractivity contribution in [3.8, 4) is 0 Å². The maximum Gasteiger partial charge on any atom is 0.274 e. The molecule has 1 aromatic carbocycles. The average Bonchev–Trinajstić information content (AvgIpc) is 2.48. The number of hydrogen-bond acceptors (Lipinski definition) is 3. The Labute approximate surface area is 132 Å². The molecule has 2 rings (SSSR count). The van der Waals surface area contributed by atoms with Gasteiger partial charge in [-0.25, -0.2) is 4.98 Å². The van der Waals surface area contributed by atoms with E-state index in [0.717, 1.165) is 28.0 Å². The van der Waals surface area contributed by atoms with Gasteiger partial charge in [-0.3, -0.25) is 4.79 Å². The number of amides is 1. The van der Waals surface area contributed by atoms with E-state index in [0.29, 0.717) is 5.69 Å². The quantitative estimate of drug-likeness (QED) is 0.776. The molecule has 1 aromatic heterocycles. The lowest BCUT2D eigenvalue weighted by Gasteiger charge is -2.07. The van der Waals surface area contributed by atoms with Gasteiger partial charge in [0.25, 0.3) is 5.91 Å². The number of halogens is 1. The molecule has 0 aliphatic rings. The van der Waals surface area contributed by atoms with Gasteiger partial charge in [-0.2, -0.15) is 0 Å². The Kier molecular flexibility index (Phi) is 5.34. The topological polar surface area (TPSA) is 54.0 Å². The molecular weight excluding hydrogens is 365 g/mol. The third-order valence-corrected chi connectivity index (χ3v) is 3.36. The van der Waals surface area contributed by atoms with Crippen LogP contribution in [0.15, 0.2) is 42.5 Å². The van der Waals surface area contributed by atoms with E-state index in [9.17, 15) is 4.79 Å². The summed E-state index contributed by atoms with van der Waals surface area (Å²) in [5.41, 5.74) is 1.17. The number of rotatable bonds is 5. The zero-order valence-corrected chi connectivity index (χ0v) is 13.3. The number of nitrogens with one attached hydrogen (secondary N) is 2. The maximum atomic E-state index is 12.1. The summed E-state index contributed by atoms with van der Waals surface area (Å²) in [4.78, 5) is 16.4. The lowest BCUT2D eigenvalue weighted by Crippen LogP contribution is -2.14. The SMILES string of the molecule is CCCNc1cccc(C(=O)Nc2ccc(I)cc2)n1. The van der Waals surface area contributed by atoms with E-state index in [2.05, 4.69) is 45.1 Å². The molecule has 0 unspecified atom stereocenters. The largest absolute Gasteiger partial charge is 0.370 e. The molecule has 0 atom stereocenters. The molecule has 2 N–H and O–H groups in total. The smallest absolute Gasteiger partial charge is 0.274 e. The zero-order valence-electron chi connectivity index (χ0n) is 11.2. The summed E-state index contributed by atoms with van der Waals surface area (Å²) in [5.74, 6) is 0.522. The van der Waals surface area contributed by atoms with Crippen LogP contribution in [0.4, 0.5) is 11.5 Å². The molecule has 0 radical (unpaired) electrons. The Balaban J connectivity index is 2.06. The van der Waals surface area contributed by atoms with E-state index in [-0.39, 0.29) is 5.91 Å². The molecule has 0 saturated heterocycles. The molecule has 20 heavy (non-hydrogen) atoms. The first kappa shape index (κ1) is 14.8. The van der Waals surface area contributed by atoms with Gasteiger partial charge >= 0.3 is 0 Å². The molecule has 1 heterocycles. The van der Waals surface area contributed by atoms with Gasteiger partial charge in [0.15, 0.2) is 0 Å². The maximum absolute atomic E-state index is 12.1. The van der Waals surface area contributed by atoms with E-state index in [4.69, 9.17) is 0 Å².